The zero-order chi connectivity index (χ0) is 14.4. The molecule has 2 aliphatic rings. The summed E-state index contributed by atoms with van der Waals surface area (Å²) < 4.78 is 5.43. The van der Waals surface area contributed by atoms with E-state index in [0.29, 0.717) is 24.4 Å². The van der Waals surface area contributed by atoms with Gasteiger partial charge in [-0.1, -0.05) is 41.5 Å². The van der Waals surface area contributed by atoms with Crippen LogP contribution in [0.1, 0.15) is 60.8 Å². The lowest BCUT2D eigenvalue weighted by molar-refractivity contribution is -0.155. The Labute approximate surface area is 118 Å². The molecule has 0 amide bonds. The summed E-state index contributed by atoms with van der Waals surface area (Å²) in [6, 6.07) is 0. The van der Waals surface area contributed by atoms with Gasteiger partial charge in [0, 0.05) is 5.92 Å². The molecule has 1 aliphatic carbocycles. The lowest BCUT2D eigenvalue weighted by atomic mass is 9.47. The van der Waals surface area contributed by atoms with Crippen LogP contribution in [0.5, 0.6) is 0 Å². The van der Waals surface area contributed by atoms with Crippen LogP contribution >= 0.6 is 0 Å². The molecule has 0 aromatic carbocycles. The zero-order valence-electron chi connectivity index (χ0n) is 13.5. The van der Waals surface area contributed by atoms with Crippen LogP contribution in [0.25, 0.3) is 0 Å². The first-order valence-electron chi connectivity index (χ1n) is 7.91. The Balaban J connectivity index is 2.50. The van der Waals surface area contributed by atoms with E-state index in [1.54, 1.807) is 0 Å². The summed E-state index contributed by atoms with van der Waals surface area (Å²) in [5.74, 6) is 1.82. The van der Waals surface area contributed by atoms with Crippen LogP contribution in [0.2, 0.25) is 0 Å². The van der Waals surface area contributed by atoms with Crippen LogP contribution in [0.15, 0.2) is 0 Å². The van der Waals surface area contributed by atoms with Crippen molar-refractivity contribution < 1.29 is 9.53 Å². The molecule has 0 radical (unpaired) electrons. The molecule has 0 N–H and O–H groups in total. The summed E-state index contributed by atoms with van der Waals surface area (Å²) in [5, 5.41) is 0. The predicted molar refractivity (Wildman–Crippen MR) is 77.7 cm³/mol. The average molecular weight is 266 g/mol. The average Bonchev–Trinajstić information content (AvgIpc) is 2.69. The van der Waals surface area contributed by atoms with Crippen LogP contribution in [0.4, 0.5) is 0 Å². The summed E-state index contributed by atoms with van der Waals surface area (Å²) in [6.07, 6.45) is 3.49. The van der Waals surface area contributed by atoms with Crippen molar-refractivity contribution in [2.45, 2.75) is 60.8 Å². The summed E-state index contributed by atoms with van der Waals surface area (Å²) in [5.41, 5.74) is 0.378. The van der Waals surface area contributed by atoms with Gasteiger partial charge in [-0.25, -0.2) is 0 Å². The van der Waals surface area contributed by atoms with Crippen molar-refractivity contribution in [3.8, 4) is 0 Å². The van der Waals surface area contributed by atoms with Crippen LogP contribution in [-0.4, -0.2) is 12.6 Å². The minimum absolute atomic E-state index is 0.0782. The Kier molecular flexibility index (Phi) is 3.75. The van der Waals surface area contributed by atoms with Crippen LogP contribution in [0.3, 0.4) is 0 Å². The molecule has 0 bridgehead atoms. The second-order valence-electron chi connectivity index (χ2n) is 7.98. The first-order chi connectivity index (χ1) is 8.75. The Morgan fingerprint density at radius 1 is 1.32 bits per heavy atom. The fourth-order valence-electron chi connectivity index (χ4n) is 5.22. The third kappa shape index (κ3) is 2.11. The van der Waals surface area contributed by atoms with E-state index in [1.165, 1.54) is 6.42 Å². The Hall–Kier alpha value is -0.530. The minimum atomic E-state index is 0.0782. The van der Waals surface area contributed by atoms with Crippen molar-refractivity contribution in [3.05, 3.63) is 0 Å². The summed E-state index contributed by atoms with van der Waals surface area (Å²) in [6.45, 7) is 14.6. The Morgan fingerprint density at radius 3 is 2.42 bits per heavy atom. The maximum atomic E-state index is 12.3. The number of fused-ring (bicyclic) bond motifs is 1. The number of cyclic esters (lactones) is 1. The molecule has 2 heteroatoms. The van der Waals surface area contributed by atoms with E-state index >= 15 is 0 Å². The summed E-state index contributed by atoms with van der Waals surface area (Å²) in [7, 11) is 0. The van der Waals surface area contributed by atoms with Gasteiger partial charge < -0.3 is 4.74 Å². The van der Waals surface area contributed by atoms with Crippen molar-refractivity contribution in [2.75, 3.05) is 6.61 Å². The van der Waals surface area contributed by atoms with Gasteiger partial charge in [-0.15, -0.1) is 0 Å². The number of hydrogen-bond acceptors (Lipinski definition) is 2. The molecule has 0 aromatic rings. The number of carbonyl (C=O) groups excluding carboxylic acids is 1. The van der Waals surface area contributed by atoms with Gasteiger partial charge in [-0.2, -0.15) is 0 Å². The molecular formula is C17H30O2. The monoisotopic (exact) mass is 266 g/mol. The molecule has 2 rings (SSSR count). The van der Waals surface area contributed by atoms with Gasteiger partial charge in [0.15, 0.2) is 0 Å². The second-order valence-corrected chi connectivity index (χ2v) is 7.98. The molecule has 110 valence electrons. The van der Waals surface area contributed by atoms with Gasteiger partial charge in [0.1, 0.15) is 0 Å². The molecule has 1 saturated carbocycles. The van der Waals surface area contributed by atoms with Gasteiger partial charge in [-0.05, 0) is 41.9 Å². The lowest BCUT2D eigenvalue weighted by Gasteiger charge is -2.56. The lowest BCUT2D eigenvalue weighted by Crippen LogP contribution is -2.53. The summed E-state index contributed by atoms with van der Waals surface area (Å²) >= 11 is 0. The van der Waals surface area contributed by atoms with Crippen molar-refractivity contribution in [1.29, 1.82) is 0 Å². The molecule has 2 nitrogen and oxygen atoms in total. The SMILES string of the molecule is CCC1(C(C)C)C2C(=O)OCC2CCC1C(C)(C)C. The van der Waals surface area contributed by atoms with E-state index in [0.717, 1.165) is 12.8 Å². The summed E-state index contributed by atoms with van der Waals surface area (Å²) in [4.78, 5) is 12.3. The van der Waals surface area contributed by atoms with Crippen LogP contribution in [-0.2, 0) is 9.53 Å². The van der Waals surface area contributed by atoms with Crippen LogP contribution < -0.4 is 0 Å². The highest BCUT2D eigenvalue weighted by molar-refractivity contribution is 5.76. The van der Waals surface area contributed by atoms with E-state index in [1.807, 2.05) is 0 Å². The number of esters is 1. The van der Waals surface area contributed by atoms with Crippen molar-refractivity contribution >= 4 is 5.97 Å². The van der Waals surface area contributed by atoms with Crippen molar-refractivity contribution in [2.24, 2.45) is 34.5 Å². The van der Waals surface area contributed by atoms with Gasteiger partial charge in [0.2, 0.25) is 0 Å². The highest BCUT2D eigenvalue weighted by atomic mass is 16.5. The van der Waals surface area contributed by atoms with Crippen LogP contribution in [0, 0.1) is 34.5 Å². The third-order valence-corrected chi connectivity index (χ3v) is 5.95. The molecular weight excluding hydrogens is 236 g/mol. The smallest absolute Gasteiger partial charge is 0.309 e. The zero-order valence-corrected chi connectivity index (χ0v) is 13.5. The number of rotatable bonds is 2. The Morgan fingerprint density at radius 2 is 1.95 bits per heavy atom. The molecule has 1 saturated heterocycles. The molecule has 0 aromatic heterocycles. The maximum Gasteiger partial charge on any atom is 0.309 e. The molecule has 19 heavy (non-hydrogen) atoms. The van der Waals surface area contributed by atoms with Gasteiger partial charge >= 0.3 is 5.97 Å². The minimum Gasteiger partial charge on any atom is -0.465 e. The quantitative estimate of drug-likeness (QED) is 0.697. The number of ether oxygens (including phenoxy) is 1. The number of carbonyl (C=O) groups is 1. The van der Waals surface area contributed by atoms with E-state index in [-0.39, 0.29) is 22.7 Å². The fraction of sp³-hybridized carbons (Fsp3) is 0.941. The van der Waals surface area contributed by atoms with E-state index in [4.69, 9.17) is 4.74 Å². The third-order valence-electron chi connectivity index (χ3n) is 5.95. The molecule has 4 unspecified atom stereocenters. The Bertz CT molecular complexity index is 353. The highest BCUT2D eigenvalue weighted by Gasteiger charge is 2.60. The first-order valence-corrected chi connectivity index (χ1v) is 7.91. The van der Waals surface area contributed by atoms with E-state index < -0.39 is 0 Å². The van der Waals surface area contributed by atoms with Crippen molar-refractivity contribution in [3.63, 3.8) is 0 Å². The van der Waals surface area contributed by atoms with Gasteiger partial charge in [0.25, 0.3) is 0 Å². The normalized spacial score (nSPS) is 39.3. The largest absolute Gasteiger partial charge is 0.465 e. The standard InChI is InChI=1S/C17H30O2/c1-7-17(11(2)3)13(16(4,5)6)9-8-12-10-19-15(18)14(12)17/h11-14H,7-10H2,1-6H3. The van der Waals surface area contributed by atoms with E-state index in [2.05, 4.69) is 41.5 Å². The fourth-order valence-corrected chi connectivity index (χ4v) is 5.22. The maximum absolute atomic E-state index is 12.3. The molecule has 1 heterocycles. The molecule has 4 atom stereocenters. The highest BCUT2D eigenvalue weighted by Crippen LogP contribution is 2.61. The topological polar surface area (TPSA) is 26.3 Å². The first kappa shape index (κ1) is 14.9. The molecule has 2 fully saturated rings. The van der Waals surface area contributed by atoms with Gasteiger partial charge in [-0.3, -0.25) is 4.79 Å². The molecule has 1 aliphatic heterocycles. The van der Waals surface area contributed by atoms with Crippen molar-refractivity contribution in [1.82, 2.24) is 0 Å². The number of hydrogen-bond donors (Lipinski definition) is 0. The molecule has 0 spiro atoms. The predicted octanol–water partition coefficient (Wildman–Crippen LogP) is 4.28. The van der Waals surface area contributed by atoms with E-state index in [9.17, 15) is 4.79 Å². The van der Waals surface area contributed by atoms with Gasteiger partial charge in [0.05, 0.1) is 12.5 Å². The second kappa shape index (κ2) is 4.79.